The van der Waals surface area contributed by atoms with Gasteiger partial charge in [0.15, 0.2) is 17.5 Å². The Hall–Kier alpha value is -3.73. The van der Waals surface area contributed by atoms with Crippen LogP contribution in [0, 0.1) is 20.8 Å². The van der Waals surface area contributed by atoms with Crippen LogP contribution >= 0.6 is 0 Å². The third kappa shape index (κ3) is 3.80. The molecule has 0 atom stereocenters. The molecule has 0 saturated carbocycles. The second-order valence-corrected chi connectivity index (χ2v) is 7.21. The van der Waals surface area contributed by atoms with Gasteiger partial charge in [0.05, 0.1) is 11.1 Å². The summed E-state index contributed by atoms with van der Waals surface area (Å²) < 4.78 is 0. The third-order valence-electron chi connectivity index (χ3n) is 4.73. The van der Waals surface area contributed by atoms with E-state index in [1.807, 2.05) is 69.3 Å². The van der Waals surface area contributed by atoms with E-state index in [-0.39, 0.29) is 11.5 Å². The molecule has 0 aliphatic heterocycles. The summed E-state index contributed by atoms with van der Waals surface area (Å²) >= 11 is 0. The maximum Gasteiger partial charge on any atom is 0.167 e. The molecule has 4 aromatic rings. The highest BCUT2D eigenvalue weighted by Gasteiger charge is 2.16. The molecular weight excluding hydrogens is 362 g/mol. The van der Waals surface area contributed by atoms with Crippen molar-refractivity contribution < 1.29 is 10.2 Å². The molecule has 144 valence electrons. The Bertz CT molecular complexity index is 1130. The number of nitrogens with zero attached hydrogens (tertiary/aromatic N) is 3. The third-order valence-corrected chi connectivity index (χ3v) is 4.73. The molecule has 0 fully saturated rings. The Morgan fingerprint density at radius 1 is 0.517 bits per heavy atom. The van der Waals surface area contributed by atoms with Gasteiger partial charge in [0.2, 0.25) is 0 Å². The van der Waals surface area contributed by atoms with Crippen LogP contribution in [0.5, 0.6) is 11.5 Å². The molecule has 2 N–H and O–H groups in total. The monoisotopic (exact) mass is 383 g/mol. The molecule has 0 spiro atoms. The summed E-state index contributed by atoms with van der Waals surface area (Å²) in [5, 5.41) is 20.8. The molecule has 3 aromatic carbocycles. The van der Waals surface area contributed by atoms with Crippen molar-refractivity contribution in [1.29, 1.82) is 0 Å². The van der Waals surface area contributed by atoms with Gasteiger partial charge in [0.25, 0.3) is 0 Å². The van der Waals surface area contributed by atoms with Crippen LogP contribution in [0.25, 0.3) is 34.2 Å². The average Bonchev–Trinajstić information content (AvgIpc) is 2.72. The summed E-state index contributed by atoms with van der Waals surface area (Å²) in [5.41, 5.74) is 4.98. The average molecular weight is 383 g/mol. The van der Waals surface area contributed by atoms with Gasteiger partial charge >= 0.3 is 0 Å². The minimum absolute atomic E-state index is 0.0936. The molecule has 0 aliphatic carbocycles. The van der Waals surface area contributed by atoms with E-state index in [2.05, 4.69) is 15.0 Å². The molecular formula is C24H21N3O2. The lowest BCUT2D eigenvalue weighted by Crippen LogP contribution is -2.01. The SMILES string of the molecule is Cc1ccc(-c2nc(-c3cc(C)ccc3O)nc(-c3cc(C)ccc3O)n2)cc1. The topological polar surface area (TPSA) is 79.1 Å². The number of benzene rings is 3. The van der Waals surface area contributed by atoms with Crippen LogP contribution in [0.3, 0.4) is 0 Å². The Kier molecular flexibility index (Phi) is 4.72. The fourth-order valence-corrected chi connectivity index (χ4v) is 3.11. The highest BCUT2D eigenvalue weighted by atomic mass is 16.3. The van der Waals surface area contributed by atoms with Crippen LogP contribution in [0.15, 0.2) is 60.7 Å². The van der Waals surface area contributed by atoms with Gasteiger partial charge in [-0.25, -0.2) is 15.0 Å². The van der Waals surface area contributed by atoms with Crippen molar-refractivity contribution >= 4 is 0 Å². The quantitative estimate of drug-likeness (QED) is 0.508. The van der Waals surface area contributed by atoms with Gasteiger partial charge in [-0.15, -0.1) is 0 Å². The fourth-order valence-electron chi connectivity index (χ4n) is 3.11. The normalized spacial score (nSPS) is 10.9. The highest BCUT2D eigenvalue weighted by molar-refractivity contribution is 5.72. The summed E-state index contributed by atoms with van der Waals surface area (Å²) in [6.07, 6.45) is 0. The van der Waals surface area contributed by atoms with Crippen molar-refractivity contribution in [2.45, 2.75) is 20.8 Å². The van der Waals surface area contributed by atoms with Crippen molar-refractivity contribution in [3.05, 3.63) is 77.4 Å². The smallest absolute Gasteiger partial charge is 0.167 e. The maximum atomic E-state index is 10.4. The first-order chi connectivity index (χ1) is 13.9. The van der Waals surface area contributed by atoms with Crippen molar-refractivity contribution in [1.82, 2.24) is 15.0 Å². The van der Waals surface area contributed by atoms with E-state index in [4.69, 9.17) is 0 Å². The summed E-state index contributed by atoms with van der Waals surface area (Å²) in [6, 6.07) is 18.5. The second kappa shape index (κ2) is 7.36. The van der Waals surface area contributed by atoms with Crippen molar-refractivity contribution in [3.63, 3.8) is 0 Å². The number of hydrogen-bond acceptors (Lipinski definition) is 5. The van der Waals surface area contributed by atoms with Crippen LogP contribution in [0.1, 0.15) is 16.7 Å². The highest BCUT2D eigenvalue weighted by Crippen LogP contribution is 2.33. The van der Waals surface area contributed by atoms with Crippen LogP contribution in [0.4, 0.5) is 0 Å². The first-order valence-electron chi connectivity index (χ1n) is 9.34. The Labute approximate surface area is 169 Å². The minimum atomic E-state index is 0.0936. The van der Waals surface area contributed by atoms with E-state index >= 15 is 0 Å². The predicted molar refractivity (Wildman–Crippen MR) is 114 cm³/mol. The van der Waals surface area contributed by atoms with Crippen molar-refractivity contribution in [2.75, 3.05) is 0 Å². The minimum Gasteiger partial charge on any atom is -0.507 e. The van der Waals surface area contributed by atoms with Crippen LogP contribution in [0.2, 0.25) is 0 Å². The largest absolute Gasteiger partial charge is 0.507 e. The van der Waals surface area contributed by atoms with E-state index < -0.39 is 0 Å². The lowest BCUT2D eigenvalue weighted by Gasteiger charge is -2.11. The van der Waals surface area contributed by atoms with Gasteiger partial charge in [-0.2, -0.15) is 0 Å². The number of aromatic hydroxyl groups is 2. The van der Waals surface area contributed by atoms with Gasteiger partial charge in [-0.05, 0) is 45.0 Å². The molecule has 0 amide bonds. The van der Waals surface area contributed by atoms with Crippen molar-refractivity contribution in [3.8, 4) is 45.7 Å². The van der Waals surface area contributed by atoms with E-state index in [0.717, 1.165) is 22.3 Å². The van der Waals surface area contributed by atoms with Crippen LogP contribution in [-0.4, -0.2) is 25.2 Å². The maximum absolute atomic E-state index is 10.4. The van der Waals surface area contributed by atoms with Gasteiger partial charge in [0.1, 0.15) is 11.5 Å². The number of phenols is 2. The van der Waals surface area contributed by atoms with Gasteiger partial charge in [-0.3, -0.25) is 0 Å². The zero-order chi connectivity index (χ0) is 20.5. The lowest BCUT2D eigenvalue weighted by atomic mass is 10.1. The number of phenolic OH excluding ortho intramolecular Hbond substituents is 2. The molecule has 4 rings (SSSR count). The molecule has 0 bridgehead atoms. The Morgan fingerprint density at radius 3 is 1.41 bits per heavy atom. The standard InChI is InChI=1S/C24H21N3O2/c1-14-4-8-17(9-5-14)22-25-23(18-12-15(2)6-10-20(18)28)27-24(26-22)19-13-16(3)7-11-21(19)29/h4-13,28-29H,1-3H3. The summed E-state index contributed by atoms with van der Waals surface area (Å²) in [4.78, 5) is 13.8. The number of rotatable bonds is 3. The van der Waals surface area contributed by atoms with E-state index in [0.29, 0.717) is 28.6 Å². The lowest BCUT2D eigenvalue weighted by molar-refractivity contribution is 0.476. The Balaban J connectivity index is 1.98. The first kappa shape index (κ1) is 18.6. The molecule has 5 heteroatoms. The molecule has 1 heterocycles. The van der Waals surface area contributed by atoms with Crippen LogP contribution < -0.4 is 0 Å². The number of aromatic nitrogens is 3. The molecule has 1 aromatic heterocycles. The van der Waals surface area contributed by atoms with E-state index in [1.54, 1.807) is 12.1 Å². The number of aryl methyl sites for hydroxylation is 3. The van der Waals surface area contributed by atoms with Gasteiger partial charge < -0.3 is 10.2 Å². The van der Waals surface area contributed by atoms with Gasteiger partial charge in [-0.1, -0.05) is 53.1 Å². The molecule has 5 nitrogen and oxygen atoms in total. The molecule has 0 radical (unpaired) electrons. The van der Waals surface area contributed by atoms with E-state index in [1.165, 1.54) is 0 Å². The summed E-state index contributed by atoms with van der Waals surface area (Å²) in [7, 11) is 0. The zero-order valence-corrected chi connectivity index (χ0v) is 16.5. The van der Waals surface area contributed by atoms with E-state index in [9.17, 15) is 10.2 Å². The molecule has 0 saturated heterocycles. The zero-order valence-electron chi connectivity index (χ0n) is 16.5. The number of hydrogen-bond donors (Lipinski definition) is 2. The first-order valence-corrected chi connectivity index (χ1v) is 9.34. The van der Waals surface area contributed by atoms with Crippen LogP contribution in [-0.2, 0) is 0 Å². The summed E-state index contributed by atoms with van der Waals surface area (Å²) in [5.74, 6) is 1.37. The molecule has 29 heavy (non-hydrogen) atoms. The van der Waals surface area contributed by atoms with Crippen molar-refractivity contribution in [2.24, 2.45) is 0 Å². The fraction of sp³-hybridized carbons (Fsp3) is 0.125. The molecule has 0 unspecified atom stereocenters. The Morgan fingerprint density at radius 2 is 0.931 bits per heavy atom. The summed E-state index contributed by atoms with van der Waals surface area (Å²) in [6.45, 7) is 5.90. The molecule has 0 aliphatic rings. The van der Waals surface area contributed by atoms with Gasteiger partial charge in [0, 0.05) is 5.56 Å². The second-order valence-electron chi connectivity index (χ2n) is 7.21. The predicted octanol–water partition coefficient (Wildman–Crippen LogP) is 5.21.